The van der Waals surface area contributed by atoms with Crippen LogP contribution in [0.25, 0.3) is 0 Å². The van der Waals surface area contributed by atoms with E-state index in [1.807, 2.05) is 0 Å². The summed E-state index contributed by atoms with van der Waals surface area (Å²) in [5.41, 5.74) is 0. The van der Waals surface area contributed by atoms with Gasteiger partial charge in [-0.2, -0.15) is 0 Å². The molecule has 0 amide bonds. The Bertz CT molecular complexity index is 54.9. The molecular formula is C3H5ClO2S. The molecule has 7 heavy (non-hydrogen) atoms. The van der Waals surface area contributed by atoms with Gasteiger partial charge in [0.25, 0.3) is 0 Å². The van der Waals surface area contributed by atoms with E-state index in [1.54, 1.807) is 0 Å². The molecule has 0 aromatic rings. The van der Waals surface area contributed by atoms with Gasteiger partial charge in [0, 0.05) is 0 Å². The Morgan fingerprint density at radius 1 is 1.86 bits per heavy atom. The summed E-state index contributed by atoms with van der Waals surface area (Å²) < 4.78 is 9.62. The van der Waals surface area contributed by atoms with E-state index in [0.717, 1.165) is 12.3 Å². The standard InChI is InChI=1S/C3H5ClO2S/c4-1-3-2-5-7-6-3/h3H,1-2H2. The van der Waals surface area contributed by atoms with Crippen LogP contribution in [0.15, 0.2) is 0 Å². The molecule has 1 saturated heterocycles. The van der Waals surface area contributed by atoms with Crippen LogP contribution in [0.2, 0.25) is 0 Å². The van der Waals surface area contributed by atoms with Crippen molar-refractivity contribution in [1.82, 2.24) is 0 Å². The minimum atomic E-state index is 0.103. The first-order chi connectivity index (χ1) is 3.43. The first kappa shape index (κ1) is 5.69. The van der Waals surface area contributed by atoms with Crippen LogP contribution in [-0.4, -0.2) is 18.6 Å². The zero-order valence-electron chi connectivity index (χ0n) is 3.59. The van der Waals surface area contributed by atoms with E-state index in [-0.39, 0.29) is 6.10 Å². The average Bonchev–Trinajstić information content (AvgIpc) is 2.14. The summed E-state index contributed by atoms with van der Waals surface area (Å²) in [6.07, 6.45) is 0.103. The maximum atomic E-state index is 5.39. The fourth-order valence-corrected chi connectivity index (χ4v) is 1.01. The predicted molar refractivity (Wildman–Crippen MR) is 29.1 cm³/mol. The lowest BCUT2D eigenvalue weighted by Gasteiger charge is -1.94. The van der Waals surface area contributed by atoms with Crippen molar-refractivity contribution in [2.24, 2.45) is 0 Å². The molecule has 42 valence electrons. The van der Waals surface area contributed by atoms with Gasteiger partial charge in [-0.1, -0.05) is 0 Å². The number of hydrogen-bond acceptors (Lipinski definition) is 3. The van der Waals surface area contributed by atoms with E-state index in [4.69, 9.17) is 20.0 Å². The van der Waals surface area contributed by atoms with E-state index >= 15 is 0 Å². The number of alkyl halides is 1. The third kappa shape index (κ3) is 1.49. The number of halogens is 1. The Balaban J connectivity index is 2.14. The zero-order valence-corrected chi connectivity index (χ0v) is 5.17. The van der Waals surface area contributed by atoms with Gasteiger partial charge in [-0.25, -0.2) is 0 Å². The van der Waals surface area contributed by atoms with E-state index in [9.17, 15) is 0 Å². The van der Waals surface area contributed by atoms with Crippen molar-refractivity contribution >= 4 is 23.9 Å². The second kappa shape index (κ2) is 2.77. The maximum Gasteiger partial charge on any atom is 0.159 e. The molecule has 0 bridgehead atoms. The maximum absolute atomic E-state index is 5.39. The molecule has 0 N–H and O–H groups in total. The number of rotatable bonds is 1. The molecule has 2 nitrogen and oxygen atoms in total. The number of hydrogen-bond donors (Lipinski definition) is 0. The summed E-state index contributed by atoms with van der Waals surface area (Å²) >= 11 is 6.41. The smallest absolute Gasteiger partial charge is 0.159 e. The molecule has 4 heteroatoms. The lowest BCUT2D eigenvalue weighted by atomic mass is 10.5. The largest absolute Gasteiger partial charge is 0.289 e. The van der Waals surface area contributed by atoms with E-state index < -0.39 is 0 Å². The van der Waals surface area contributed by atoms with Crippen molar-refractivity contribution in [1.29, 1.82) is 0 Å². The second-order valence-corrected chi connectivity index (χ2v) is 2.10. The minimum Gasteiger partial charge on any atom is -0.289 e. The van der Waals surface area contributed by atoms with Gasteiger partial charge in [0.05, 0.1) is 12.5 Å². The average molecular weight is 141 g/mol. The molecule has 1 rings (SSSR count). The fourth-order valence-electron chi connectivity index (χ4n) is 0.285. The fraction of sp³-hybridized carbons (Fsp3) is 1.00. The first-order valence-corrected chi connectivity index (χ1v) is 3.14. The Labute approximate surface area is 51.5 Å². The molecule has 1 heterocycles. The second-order valence-electron chi connectivity index (χ2n) is 1.23. The zero-order chi connectivity index (χ0) is 5.11. The molecule has 1 fully saturated rings. The summed E-state index contributed by atoms with van der Waals surface area (Å²) in [5, 5.41) is 0. The summed E-state index contributed by atoms with van der Waals surface area (Å²) in [4.78, 5) is 0. The van der Waals surface area contributed by atoms with Gasteiger partial charge in [-0.05, 0) is 0 Å². The van der Waals surface area contributed by atoms with Crippen LogP contribution in [0.1, 0.15) is 0 Å². The van der Waals surface area contributed by atoms with Crippen LogP contribution in [0, 0.1) is 0 Å². The van der Waals surface area contributed by atoms with E-state index in [2.05, 4.69) is 0 Å². The molecule has 1 unspecified atom stereocenters. The highest BCUT2D eigenvalue weighted by Gasteiger charge is 2.15. The van der Waals surface area contributed by atoms with Crippen molar-refractivity contribution in [2.45, 2.75) is 6.10 Å². The quantitative estimate of drug-likeness (QED) is 0.403. The molecule has 0 spiro atoms. The molecule has 0 aromatic carbocycles. The van der Waals surface area contributed by atoms with Crippen molar-refractivity contribution in [3.8, 4) is 0 Å². The Kier molecular flexibility index (Phi) is 2.25. The Hall–Kier alpha value is 0.560. The normalized spacial score (nSPS) is 31.3. The van der Waals surface area contributed by atoms with Crippen LogP contribution in [0.5, 0.6) is 0 Å². The van der Waals surface area contributed by atoms with Gasteiger partial charge in [0.2, 0.25) is 0 Å². The highest BCUT2D eigenvalue weighted by atomic mass is 35.5. The van der Waals surface area contributed by atoms with Crippen molar-refractivity contribution in [2.75, 3.05) is 12.5 Å². The van der Waals surface area contributed by atoms with Crippen molar-refractivity contribution < 1.29 is 8.37 Å². The van der Waals surface area contributed by atoms with Crippen LogP contribution in [-0.2, 0) is 8.37 Å². The van der Waals surface area contributed by atoms with Crippen molar-refractivity contribution in [3.05, 3.63) is 0 Å². The summed E-state index contributed by atoms with van der Waals surface area (Å²) in [6, 6.07) is 0. The monoisotopic (exact) mass is 140 g/mol. The molecule has 1 aliphatic rings. The topological polar surface area (TPSA) is 18.5 Å². The lowest BCUT2D eigenvalue weighted by molar-refractivity contribution is 0.267. The highest BCUT2D eigenvalue weighted by molar-refractivity contribution is 7.90. The van der Waals surface area contributed by atoms with Gasteiger partial charge in [0.15, 0.2) is 12.3 Å². The third-order valence-electron chi connectivity index (χ3n) is 0.650. The summed E-state index contributed by atoms with van der Waals surface area (Å²) in [7, 11) is 0. The van der Waals surface area contributed by atoms with Gasteiger partial charge >= 0.3 is 0 Å². The molecule has 1 aliphatic heterocycles. The van der Waals surface area contributed by atoms with Gasteiger partial charge in [-0.3, -0.25) is 8.37 Å². The SMILES string of the molecule is ClCC1COSO1. The molecular weight excluding hydrogens is 136 g/mol. The summed E-state index contributed by atoms with van der Waals surface area (Å²) in [6.45, 7) is 0.619. The van der Waals surface area contributed by atoms with Crippen LogP contribution in [0.4, 0.5) is 0 Å². The lowest BCUT2D eigenvalue weighted by Crippen LogP contribution is -2.09. The van der Waals surface area contributed by atoms with Crippen LogP contribution in [0.3, 0.4) is 0 Å². The molecule has 1 atom stereocenters. The van der Waals surface area contributed by atoms with Crippen LogP contribution >= 0.6 is 23.9 Å². The predicted octanol–water partition coefficient (Wildman–Crippen LogP) is 1.20. The highest BCUT2D eigenvalue weighted by Crippen LogP contribution is 2.18. The molecule has 0 saturated carbocycles. The molecule has 0 aliphatic carbocycles. The minimum absolute atomic E-state index is 0.103. The van der Waals surface area contributed by atoms with E-state index in [1.165, 1.54) is 0 Å². The van der Waals surface area contributed by atoms with Gasteiger partial charge in [0.1, 0.15) is 6.10 Å². The van der Waals surface area contributed by atoms with Crippen LogP contribution < -0.4 is 0 Å². The summed E-state index contributed by atoms with van der Waals surface area (Å²) in [5.74, 6) is 0.521. The van der Waals surface area contributed by atoms with E-state index in [0.29, 0.717) is 12.5 Å². The van der Waals surface area contributed by atoms with Gasteiger partial charge in [-0.15, -0.1) is 11.6 Å². The third-order valence-corrected chi connectivity index (χ3v) is 1.58. The van der Waals surface area contributed by atoms with Crippen molar-refractivity contribution in [3.63, 3.8) is 0 Å². The van der Waals surface area contributed by atoms with Gasteiger partial charge < -0.3 is 0 Å². The Morgan fingerprint density at radius 3 is 3.00 bits per heavy atom. The molecule has 0 radical (unpaired) electrons. The first-order valence-electron chi connectivity index (χ1n) is 1.94. The molecule has 0 aromatic heterocycles. The Morgan fingerprint density at radius 2 is 2.71 bits per heavy atom.